The molecule has 0 aliphatic heterocycles. The van der Waals surface area contributed by atoms with Gasteiger partial charge in [-0.05, 0) is 6.92 Å². The summed E-state index contributed by atoms with van der Waals surface area (Å²) in [6, 6.07) is 3.44. The molecule has 0 fully saturated rings. The summed E-state index contributed by atoms with van der Waals surface area (Å²) in [6.45, 7) is 1.58. The van der Waals surface area contributed by atoms with Crippen LogP contribution in [0.15, 0.2) is 27.6 Å². The molecule has 11 heteroatoms. The van der Waals surface area contributed by atoms with Crippen LogP contribution >= 0.6 is 23.2 Å². The Bertz CT molecular complexity index is 866. The van der Waals surface area contributed by atoms with Crippen LogP contribution in [-0.4, -0.2) is 29.9 Å². The quantitative estimate of drug-likeness (QED) is 0.583. The molecule has 1 aromatic carbocycles. The van der Waals surface area contributed by atoms with Gasteiger partial charge in [-0.25, -0.2) is 8.42 Å². The van der Waals surface area contributed by atoms with Crippen molar-refractivity contribution < 1.29 is 17.9 Å². The maximum atomic E-state index is 12.6. The third-order valence-corrected chi connectivity index (χ3v) is 5.68. The molecule has 1 aromatic heterocycles. The van der Waals surface area contributed by atoms with E-state index >= 15 is 0 Å². The van der Waals surface area contributed by atoms with Crippen molar-refractivity contribution in [3.63, 3.8) is 0 Å². The SMILES string of the molecule is Cc1cc(CN(C)S(=O)(=O)c2cc([N+](=O)[O-])cc(Cl)c2Cl)no1. The summed E-state index contributed by atoms with van der Waals surface area (Å²) in [5, 5.41) is 14.1. The van der Waals surface area contributed by atoms with E-state index in [0.717, 1.165) is 16.4 Å². The van der Waals surface area contributed by atoms with Crippen LogP contribution in [0.25, 0.3) is 0 Å². The number of non-ortho nitro benzene ring substituents is 1. The van der Waals surface area contributed by atoms with E-state index in [-0.39, 0.29) is 16.6 Å². The second-order valence-electron chi connectivity index (χ2n) is 4.69. The zero-order valence-electron chi connectivity index (χ0n) is 12.0. The van der Waals surface area contributed by atoms with Crippen LogP contribution in [0, 0.1) is 17.0 Å². The van der Waals surface area contributed by atoms with Crippen molar-refractivity contribution >= 4 is 38.9 Å². The Balaban J connectivity index is 2.44. The van der Waals surface area contributed by atoms with Crippen LogP contribution in [0.1, 0.15) is 11.5 Å². The number of rotatable bonds is 5. The van der Waals surface area contributed by atoms with Crippen LogP contribution in [-0.2, 0) is 16.6 Å². The fraction of sp³-hybridized carbons (Fsp3) is 0.250. The molecule has 0 unspecified atom stereocenters. The molecule has 0 aliphatic rings. The van der Waals surface area contributed by atoms with Gasteiger partial charge in [-0.2, -0.15) is 4.31 Å². The molecule has 0 bridgehead atoms. The van der Waals surface area contributed by atoms with Gasteiger partial charge in [0.15, 0.2) is 0 Å². The molecule has 0 aliphatic carbocycles. The minimum atomic E-state index is -4.11. The Morgan fingerprint density at radius 1 is 1.35 bits per heavy atom. The number of sulfonamides is 1. The lowest BCUT2D eigenvalue weighted by Gasteiger charge is -2.17. The molecule has 2 rings (SSSR count). The molecule has 124 valence electrons. The second-order valence-corrected chi connectivity index (χ2v) is 7.49. The third kappa shape index (κ3) is 3.63. The first kappa shape index (κ1) is 17.7. The molecule has 1 heterocycles. The molecule has 0 N–H and O–H groups in total. The lowest BCUT2D eigenvalue weighted by atomic mass is 10.3. The summed E-state index contributed by atoms with van der Waals surface area (Å²) in [5.41, 5.74) is -0.0788. The highest BCUT2D eigenvalue weighted by Gasteiger charge is 2.28. The number of hydrogen-bond donors (Lipinski definition) is 0. The Morgan fingerprint density at radius 3 is 2.52 bits per heavy atom. The van der Waals surface area contributed by atoms with Gasteiger partial charge in [0.2, 0.25) is 10.0 Å². The number of hydrogen-bond acceptors (Lipinski definition) is 6. The summed E-state index contributed by atoms with van der Waals surface area (Å²) in [6.07, 6.45) is 0. The minimum absolute atomic E-state index is 0.0870. The molecule has 2 aromatic rings. The second kappa shape index (κ2) is 6.44. The monoisotopic (exact) mass is 379 g/mol. The average Bonchev–Trinajstić information content (AvgIpc) is 2.86. The highest BCUT2D eigenvalue weighted by Crippen LogP contribution is 2.35. The van der Waals surface area contributed by atoms with Gasteiger partial charge in [0, 0.05) is 25.2 Å². The zero-order valence-corrected chi connectivity index (χ0v) is 14.3. The van der Waals surface area contributed by atoms with Crippen molar-refractivity contribution in [1.82, 2.24) is 9.46 Å². The molecule has 0 saturated heterocycles. The van der Waals surface area contributed by atoms with Gasteiger partial charge in [-0.15, -0.1) is 0 Å². The lowest BCUT2D eigenvalue weighted by Crippen LogP contribution is -2.27. The summed E-state index contributed by atoms with van der Waals surface area (Å²) < 4.78 is 31.0. The van der Waals surface area contributed by atoms with Crippen molar-refractivity contribution in [3.05, 3.63) is 49.8 Å². The molecule has 0 saturated carbocycles. The van der Waals surface area contributed by atoms with Crippen molar-refractivity contribution in [2.45, 2.75) is 18.4 Å². The standard InChI is InChI=1S/C12H11Cl2N3O5S/c1-7-3-8(15-22-7)6-16(2)23(20,21)11-5-9(17(18)19)4-10(13)12(11)14/h3-5H,6H2,1-2H3. The van der Waals surface area contributed by atoms with E-state index in [9.17, 15) is 18.5 Å². The molecule has 8 nitrogen and oxygen atoms in total. The number of nitrogens with zero attached hydrogens (tertiary/aromatic N) is 3. The zero-order chi connectivity index (χ0) is 17.4. The van der Waals surface area contributed by atoms with E-state index in [1.54, 1.807) is 13.0 Å². The largest absolute Gasteiger partial charge is 0.361 e. The van der Waals surface area contributed by atoms with Crippen molar-refractivity contribution in [2.75, 3.05) is 7.05 Å². The van der Waals surface area contributed by atoms with E-state index in [0.29, 0.717) is 11.5 Å². The molecule has 0 spiro atoms. The predicted octanol–water partition coefficient (Wildman–Crippen LogP) is 3.02. The van der Waals surface area contributed by atoms with Gasteiger partial charge >= 0.3 is 0 Å². The Kier molecular flexibility index (Phi) is 4.95. The van der Waals surface area contributed by atoms with Crippen molar-refractivity contribution in [2.24, 2.45) is 0 Å². The molecule has 0 amide bonds. The van der Waals surface area contributed by atoms with Crippen molar-refractivity contribution in [1.29, 1.82) is 0 Å². The third-order valence-electron chi connectivity index (χ3n) is 2.94. The van der Waals surface area contributed by atoms with Gasteiger partial charge < -0.3 is 4.52 Å². The van der Waals surface area contributed by atoms with Gasteiger partial charge in [0.25, 0.3) is 5.69 Å². The highest BCUT2D eigenvalue weighted by molar-refractivity contribution is 7.89. The van der Waals surface area contributed by atoms with Crippen molar-refractivity contribution in [3.8, 4) is 0 Å². The normalized spacial score (nSPS) is 11.9. The fourth-order valence-electron chi connectivity index (χ4n) is 1.82. The number of halogens is 2. The molecule has 23 heavy (non-hydrogen) atoms. The molecule has 0 radical (unpaired) electrons. The average molecular weight is 380 g/mol. The Hall–Kier alpha value is -1.68. The summed E-state index contributed by atoms with van der Waals surface area (Å²) >= 11 is 11.7. The number of nitro groups is 1. The highest BCUT2D eigenvalue weighted by atomic mass is 35.5. The Morgan fingerprint density at radius 2 is 2.00 bits per heavy atom. The van der Waals surface area contributed by atoms with Crippen LogP contribution in [0.5, 0.6) is 0 Å². The number of nitro benzene ring substituents is 1. The topological polar surface area (TPSA) is 107 Å². The summed E-state index contributed by atoms with van der Waals surface area (Å²) in [4.78, 5) is 9.69. The van der Waals surface area contributed by atoms with Gasteiger partial charge in [-0.1, -0.05) is 28.4 Å². The predicted molar refractivity (Wildman–Crippen MR) is 83.0 cm³/mol. The number of aromatic nitrogens is 1. The van der Waals surface area contributed by atoms with Gasteiger partial charge in [-0.3, -0.25) is 10.1 Å². The fourth-order valence-corrected chi connectivity index (χ4v) is 3.73. The van der Waals surface area contributed by atoms with Crippen LogP contribution in [0.3, 0.4) is 0 Å². The van der Waals surface area contributed by atoms with Crippen LogP contribution < -0.4 is 0 Å². The van der Waals surface area contributed by atoms with E-state index in [1.165, 1.54) is 7.05 Å². The molecular formula is C12H11Cl2N3O5S. The smallest absolute Gasteiger partial charge is 0.272 e. The van der Waals surface area contributed by atoms with Crippen LogP contribution in [0.2, 0.25) is 10.0 Å². The minimum Gasteiger partial charge on any atom is -0.361 e. The van der Waals surface area contributed by atoms with Gasteiger partial charge in [0.05, 0.1) is 27.2 Å². The summed E-state index contributed by atoms with van der Waals surface area (Å²) in [5.74, 6) is 0.530. The van der Waals surface area contributed by atoms with E-state index in [1.807, 2.05) is 0 Å². The van der Waals surface area contributed by atoms with Gasteiger partial charge in [0.1, 0.15) is 10.7 Å². The molecular weight excluding hydrogens is 369 g/mol. The first-order valence-corrected chi connectivity index (χ1v) is 8.34. The maximum absolute atomic E-state index is 12.6. The first-order chi connectivity index (χ1) is 10.6. The number of aryl methyl sites for hydroxylation is 1. The number of benzene rings is 1. The van der Waals surface area contributed by atoms with E-state index in [4.69, 9.17) is 27.7 Å². The van der Waals surface area contributed by atoms with Crippen LogP contribution in [0.4, 0.5) is 5.69 Å². The van der Waals surface area contributed by atoms with E-state index in [2.05, 4.69) is 5.16 Å². The first-order valence-electron chi connectivity index (χ1n) is 6.15. The molecule has 0 atom stereocenters. The Labute approximate surface area is 141 Å². The summed E-state index contributed by atoms with van der Waals surface area (Å²) in [7, 11) is -2.81. The van der Waals surface area contributed by atoms with E-state index < -0.39 is 25.5 Å². The lowest BCUT2D eigenvalue weighted by molar-refractivity contribution is -0.385. The maximum Gasteiger partial charge on any atom is 0.272 e.